The molecule has 78 valence electrons. The molecule has 14 heavy (non-hydrogen) atoms. The van der Waals surface area contributed by atoms with E-state index in [2.05, 4.69) is 0 Å². The molecule has 0 unspecified atom stereocenters. The predicted molar refractivity (Wildman–Crippen MR) is 49.6 cm³/mol. The van der Waals surface area contributed by atoms with Crippen LogP contribution in [0.5, 0.6) is 0 Å². The van der Waals surface area contributed by atoms with E-state index < -0.39 is 11.9 Å². The van der Waals surface area contributed by atoms with Gasteiger partial charge in [-0.3, -0.25) is 9.59 Å². The number of carbonyl (C=O) groups excluding carboxylic acids is 1. The molecule has 2 aliphatic rings. The summed E-state index contributed by atoms with van der Waals surface area (Å²) in [6, 6.07) is 0.373. The molecule has 0 bridgehead atoms. The Balaban J connectivity index is 1.87. The number of amides is 1. The van der Waals surface area contributed by atoms with Crippen LogP contribution < -0.4 is 0 Å². The molecule has 0 spiro atoms. The molecule has 0 radical (unpaired) electrons. The Hall–Kier alpha value is -1.06. The third-order valence-electron chi connectivity index (χ3n) is 3.39. The van der Waals surface area contributed by atoms with Crippen LogP contribution in [0.25, 0.3) is 0 Å². The van der Waals surface area contributed by atoms with E-state index >= 15 is 0 Å². The largest absolute Gasteiger partial charge is 0.481 e. The molecule has 0 heterocycles. The average Bonchev–Trinajstić information content (AvgIpc) is 2.77. The Morgan fingerprint density at radius 3 is 2.29 bits per heavy atom. The van der Waals surface area contributed by atoms with Gasteiger partial charge < -0.3 is 10.0 Å². The molecule has 0 aromatic heterocycles. The normalized spacial score (nSPS) is 30.6. The molecule has 0 aliphatic heterocycles. The highest BCUT2D eigenvalue weighted by Crippen LogP contribution is 2.41. The maximum atomic E-state index is 11.7. The number of rotatable bonds is 3. The summed E-state index contributed by atoms with van der Waals surface area (Å²) >= 11 is 0. The fourth-order valence-electron chi connectivity index (χ4n) is 1.96. The van der Waals surface area contributed by atoms with Crippen molar-refractivity contribution in [3.63, 3.8) is 0 Å². The van der Waals surface area contributed by atoms with Crippen molar-refractivity contribution < 1.29 is 14.7 Å². The highest BCUT2D eigenvalue weighted by Gasteiger charge is 2.50. The summed E-state index contributed by atoms with van der Waals surface area (Å²) in [5.41, 5.74) is 0. The van der Waals surface area contributed by atoms with Gasteiger partial charge in [-0.2, -0.15) is 0 Å². The lowest BCUT2D eigenvalue weighted by Crippen LogP contribution is -2.42. The van der Waals surface area contributed by atoms with E-state index in [0.717, 1.165) is 12.8 Å². The molecule has 2 fully saturated rings. The number of carboxylic acid groups (broad SMARTS) is 1. The first-order valence-electron chi connectivity index (χ1n) is 5.10. The zero-order valence-electron chi connectivity index (χ0n) is 8.27. The number of carboxylic acids is 1. The van der Waals surface area contributed by atoms with Crippen molar-refractivity contribution in [3.8, 4) is 0 Å². The summed E-state index contributed by atoms with van der Waals surface area (Å²) in [5.74, 6) is -1.45. The van der Waals surface area contributed by atoms with Crippen molar-refractivity contribution in [2.45, 2.75) is 31.7 Å². The average molecular weight is 197 g/mol. The van der Waals surface area contributed by atoms with Crippen LogP contribution in [0.2, 0.25) is 0 Å². The van der Waals surface area contributed by atoms with Crippen LogP contribution in [0.1, 0.15) is 25.7 Å². The summed E-state index contributed by atoms with van der Waals surface area (Å²) in [4.78, 5) is 24.0. The van der Waals surface area contributed by atoms with Crippen LogP contribution in [0.15, 0.2) is 0 Å². The Kier molecular flexibility index (Phi) is 2.21. The van der Waals surface area contributed by atoms with Gasteiger partial charge in [-0.25, -0.2) is 0 Å². The van der Waals surface area contributed by atoms with Gasteiger partial charge in [-0.1, -0.05) is 0 Å². The molecule has 2 atom stereocenters. The SMILES string of the molecule is CN(C(=O)[C@@H]1C[C@@H]1C(=O)O)C1CCC1. The lowest BCUT2D eigenvalue weighted by molar-refractivity contribution is -0.142. The monoisotopic (exact) mass is 197 g/mol. The highest BCUT2D eigenvalue weighted by atomic mass is 16.4. The Morgan fingerprint density at radius 1 is 1.29 bits per heavy atom. The number of hydrogen-bond acceptors (Lipinski definition) is 2. The number of hydrogen-bond donors (Lipinski definition) is 1. The van der Waals surface area contributed by atoms with Gasteiger partial charge >= 0.3 is 5.97 Å². The van der Waals surface area contributed by atoms with Crippen LogP contribution in [-0.4, -0.2) is 35.0 Å². The van der Waals surface area contributed by atoms with Crippen molar-refractivity contribution >= 4 is 11.9 Å². The first-order chi connectivity index (χ1) is 6.61. The Labute approximate surface area is 82.9 Å². The third kappa shape index (κ3) is 1.49. The van der Waals surface area contributed by atoms with E-state index in [9.17, 15) is 9.59 Å². The standard InChI is InChI=1S/C10H15NO3/c1-11(6-3-2-4-6)9(12)7-5-8(7)10(13)14/h6-8H,2-5H2,1H3,(H,13,14)/t7-,8+/m1/s1. The summed E-state index contributed by atoms with van der Waals surface area (Å²) in [6.45, 7) is 0. The van der Waals surface area contributed by atoms with E-state index in [0.29, 0.717) is 12.5 Å². The minimum Gasteiger partial charge on any atom is -0.481 e. The zero-order chi connectivity index (χ0) is 10.3. The van der Waals surface area contributed by atoms with Gasteiger partial charge in [0, 0.05) is 13.1 Å². The van der Waals surface area contributed by atoms with Gasteiger partial charge in [0.25, 0.3) is 0 Å². The molecular formula is C10H15NO3. The molecule has 4 nitrogen and oxygen atoms in total. The van der Waals surface area contributed by atoms with Crippen LogP contribution in [0.4, 0.5) is 0 Å². The lowest BCUT2D eigenvalue weighted by atomic mass is 9.91. The van der Waals surface area contributed by atoms with Crippen LogP contribution in [0, 0.1) is 11.8 Å². The highest BCUT2D eigenvalue weighted by molar-refractivity contribution is 5.89. The van der Waals surface area contributed by atoms with Crippen molar-refractivity contribution in [2.75, 3.05) is 7.05 Å². The number of nitrogens with zero attached hydrogens (tertiary/aromatic N) is 1. The van der Waals surface area contributed by atoms with Gasteiger partial charge in [0.1, 0.15) is 0 Å². The van der Waals surface area contributed by atoms with E-state index in [1.807, 2.05) is 0 Å². The first-order valence-corrected chi connectivity index (χ1v) is 5.10. The minimum absolute atomic E-state index is 0.0297. The Bertz CT molecular complexity index is 273. The molecule has 0 aromatic rings. The predicted octanol–water partition coefficient (Wildman–Crippen LogP) is 0.718. The van der Waals surface area contributed by atoms with Crippen molar-refractivity contribution in [3.05, 3.63) is 0 Å². The van der Waals surface area contributed by atoms with Gasteiger partial charge in [0.2, 0.25) is 5.91 Å². The third-order valence-corrected chi connectivity index (χ3v) is 3.39. The molecule has 2 rings (SSSR count). The van der Waals surface area contributed by atoms with E-state index in [1.54, 1.807) is 11.9 Å². The summed E-state index contributed by atoms with van der Waals surface area (Å²) in [5, 5.41) is 8.69. The fourth-order valence-corrected chi connectivity index (χ4v) is 1.96. The second kappa shape index (κ2) is 3.26. The zero-order valence-corrected chi connectivity index (χ0v) is 8.27. The molecule has 2 aliphatic carbocycles. The van der Waals surface area contributed by atoms with Crippen LogP contribution in [0.3, 0.4) is 0 Å². The molecule has 4 heteroatoms. The van der Waals surface area contributed by atoms with E-state index in [1.165, 1.54) is 6.42 Å². The number of aliphatic carboxylic acids is 1. The van der Waals surface area contributed by atoms with Crippen LogP contribution >= 0.6 is 0 Å². The second-order valence-electron chi connectivity index (χ2n) is 4.32. The van der Waals surface area contributed by atoms with E-state index in [4.69, 9.17) is 5.11 Å². The maximum Gasteiger partial charge on any atom is 0.307 e. The van der Waals surface area contributed by atoms with Gasteiger partial charge in [-0.05, 0) is 25.7 Å². The number of carbonyl (C=O) groups is 2. The topological polar surface area (TPSA) is 57.6 Å². The smallest absolute Gasteiger partial charge is 0.307 e. The van der Waals surface area contributed by atoms with Gasteiger partial charge in [0.15, 0.2) is 0 Å². The summed E-state index contributed by atoms with van der Waals surface area (Å²) in [6.07, 6.45) is 3.87. The molecule has 0 saturated heterocycles. The second-order valence-corrected chi connectivity index (χ2v) is 4.32. The molecule has 1 amide bonds. The maximum absolute atomic E-state index is 11.7. The molecule has 2 saturated carbocycles. The van der Waals surface area contributed by atoms with E-state index in [-0.39, 0.29) is 11.8 Å². The van der Waals surface area contributed by atoms with Gasteiger partial charge in [-0.15, -0.1) is 0 Å². The Morgan fingerprint density at radius 2 is 1.93 bits per heavy atom. The molecular weight excluding hydrogens is 182 g/mol. The fraction of sp³-hybridized carbons (Fsp3) is 0.800. The first kappa shape index (κ1) is 9.49. The van der Waals surface area contributed by atoms with Crippen molar-refractivity contribution in [2.24, 2.45) is 11.8 Å². The molecule has 1 N–H and O–H groups in total. The summed E-state index contributed by atoms with van der Waals surface area (Å²) in [7, 11) is 1.80. The lowest BCUT2D eigenvalue weighted by Gasteiger charge is -2.34. The van der Waals surface area contributed by atoms with Gasteiger partial charge in [0.05, 0.1) is 11.8 Å². The van der Waals surface area contributed by atoms with Crippen LogP contribution in [-0.2, 0) is 9.59 Å². The molecule has 0 aromatic carbocycles. The summed E-state index contributed by atoms with van der Waals surface area (Å²) < 4.78 is 0. The minimum atomic E-state index is -0.828. The quantitative estimate of drug-likeness (QED) is 0.725. The van der Waals surface area contributed by atoms with Crippen molar-refractivity contribution in [1.29, 1.82) is 0 Å². The van der Waals surface area contributed by atoms with Crippen molar-refractivity contribution in [1.82, 2.24) is 4.90 Å².